The molecule has 6 nitrogen and oxygen atoms in total. The summed E-state index contributed by atoms with van der Waals surface area (Å²) >= 11 is 0.815. The predicted molar refractivity (Wildman–Crippen MR) is 168 cm³/mol. The zero-order valence-electron chi connectivity index (χ0n) is 25.1. The monoisotopic (exact) mass is 689 g/mol. The average Bonchev–Trinajstić information content (AvgIpc) is 3.05. The molecule has 0 unspecified atom stereocenters. The van der Waals surface area contributed by atoms with Gasteiger partial charge in [0.1, 0.15) is 16.9 Å². The molecule has 0 aromatic heterocycles. The first-order valence-electron chi connectivity index (χ1n) is 14.1. The molecule has 0 bridgehead atoms. The van der Waals surface area contributed by atoms with Crippen LogP contribution < -0.4 is 16.0 Å². The number of halogens is 7. The molecule has 3 amide bonds. The Bertz CT molecular complexity index is 1820. The van der Waals surface area contributed by atoms with E-state index in [-0.39, 0.29) is 5.70 Å². The van der Waals surface area contributed by atoms with Crippen LogP contribution in [-0.4, -0.2) is 23.5 Å². The van der Waals surface area contributed by atoms with Gasteiger partial charge < -0.3 is 16.0 Å². The molecular weight excluding hydrogens is 663 g/mol. The predicted octanol–water partition coefficient (Wildman–Crippen LogP) is 8.53. The average molecular weight is 690 g/mol. The maximum atomic E-state index is 14.1. The molecular formula is C34H26F7N3O3S. The molecule has 0 atom stereocenters. The maximum absolute atomic E-state index is 14.1. The Morgan fingerprint density at radius 2 is 1.35 bits per heavy atom. The number of thioether (sulfide) groups is 1. The molecule has 0 aliphatic rings. The first kappa shape index (κ1) is 35.7. The van der Waals surface area contributed by atoms with Gasteiger partial charge in [-0.2, -0.15) is 13.2 Å². The largest absolute Gasteiger partial charge is 0.422 e. The van der Waals surface area contributed by atoms with Gasteiger partial charge in [-0.25, -0.2) is 17.6 Å². The van der Waals surface area contributed by atoms with Crippen LogP contribution in [0.3, 0.4) is 0 Å². The second-order valence-corrected chi connectivity index (χ2v) is 11.6. The summed E-state index contributed by atoms with van der Waals surface area (Å²) in [5.41, 5.74) is -2.13. The lowest BCUT2D eigenvalue weighted by Gasteiger charge is -2.14. The third-order valence-corrected chi connectivity index (χ3v) is 7.75. The number of amides is 3. The molecule has 0 saturated heterocycles. The zero-order valence-corrected chi connectivity index (χ0v) is 26.0. The van der Waals surface area contributed by atoms with E-state index >= 15 is 0 Å². The fourth-order valence-corrected chi connectivity index (χ4v) is 4.93. The summed E-state index contributed by atoms with van der Waals surface area (Å²) in [4.78, 5) is 38.8. The van der Waals surface area contributed by atoms with Crippen LogP contribution in [0.1, 0.15) is 46.8 Å². The second-order valence-electron chi connectivity index (χ2n) is 10.5. The van der Waals surface area contributed by atoms with Crippen LogP contribution in [0.25, 0.3) is 6.08 Å². The Labute approximate surface area is 274 Å². The van der Waals surface area contributed by atoms with Crippen molar-refractivity contribution in [2.45, 2.75) is 30.8 Å². The lowest BCUT2D eigenvalue weighted by molar-refractivity contribution is -0.143. The Hall–Kier alpha value is -5.11. The van der Waals surface area contributed by atoms with Crippen LogP contribution in [0.15, 0.2) is 89.5 Å². The first-order chi connectivity index (χ1) is 22.6. The quantitative estimate of drug-likeness (QED) is 0.0675. The van der Waals surface area contributed by atoms with E-state index in [0.29, 0.717) is 27.6 Å². The van der Waals surface area contributed by atoms with Crippen molar-refractivity contribution in [3.05, 3.63) is 130 Å². The van der Waals surface area contributed by atoms with E-state index in [1.54, 1.807) is 35.6 Å². The molecule has 48 heavy (non-hydrogen) atoms. The standard InChI is InChI=1S/C34H26F7N3O3S/c1-18(2)20-10-8-19(9-11-20)16-24(43-32(46)21-6-4-3-5-7-21)33(47)42-22-12-14-23(15-13-22)48-17-25(45)44-31-29(37)27(35)26(34(39,40)41)28(36)30(31)38/h3-16,18H,17H2,1-2H3,(H,42,47)(H,43,46)(H,44,45)/b24-16-. The van der Waals surface area contributed by atoms with Gasteiger partial charge in [0.25, 0.3) is 11.8 Å². The number of hydrogen-bond donors (Lipinski definition) is 3. The van der Waals surface area contributed by atoms with Crippen molar-refractivity contribution >= 4 is 46.9 Å². The SMILES string of the molecule is CC(C)c1ccc(/C=C(\NC(=O)c2ccccc2)C(=O)Nc2ccc(SCC(=O)Nc3c(F)c(F)c(C(F)(F)F)c(F)c3F)cc2)cc1. The molecule has 0 aliphatic heterocycles. The van der Waals surface area contributed by atoms with Gasteiger partial charge in [-0.15, -0.1) is 11.8 Å². The summed E-state index contributed by atoms with van der Waals surface area (Å²) in [6.07, 6.45) is -4.20. The number of anilines is 2. The molecule has 0 saturated carbocycles. The number of alkyl halides is 3. The Morgan fingerprint density at radius 3 is 1.90 bits per heavy atom. The number of nitrogens with one attached hydrogen (secondary N) is 3. The van der Waals surface area contributed by atoms with E-state index in [9.17, 15) is 45.1 Å². The lowest BCUT2D eigenvalue weighted by Crippen LogP contribution is -2.30. The van der Waals surface area contributed by atoms with Crippen molar-refractivity contribution < 1.29 is 45.1 Å². The van der Waals surface area contributed by atoms with Gasteiger partial charge >= 0.3 is 6.18 Å². The van der Waals surface area contributed by atoms with Crippen molar-refractivity contribution in [2.75, 3.05) is 16.4 Å². The van der Waals surface area contributed by atoms with Crippen LogP contribution in [0.5, 0.6) is 0 Å². The summed E-state index contributed by atoms with van der Waals surface area (Å²) in [5, 5.41) is 6.86. The summed E-state index contributed by atoms with van der Waals surface area (Å²) in [5.74, 6) is -12.8. The zero-order chi connectivity index (χ0) is 35.2. The number of carbonyl (C=O) groups is 3. The first-order valence-corrected chi connectivity index (χ1v) is 15.1. The molecule has 0 fully saturated rings. The molecule has 0 spiro atoms. The van der Waals surface area contributed by atoms with Crippen molar-refractivity contribution in [1.29, 1.82) is 0 Å². The molecule has 4 aromatic rings. The number of carbonyl (C=O) groups excluding carboxylic acids is 3. The highest BCUT2D eigenvalue weighted by molar-refractivity contribution is 8.00. The van der Waals surface area contributed by atoms with Gasteiger partial charge in [0.05, 0.1) is 5.75 Å². The van der Waals surface area contributed by atoms with Crippen LogP contribution in [0.4, 0.5) is 42.1 Å². The Kier molecular flexibility index (Phi) is 11.3. The van der Waals surface area contributed by atoms with Gasteiger partial charge in [0, 0.05) is 16.1 Å². The van der Waals surface area contributed by atoms with E-state index in [1.807, 2.05) is 38.1 Å². The smallest absolute Gasteiger partial charge is 0.321 e. The minimum Gasteiger partial charge on any atom is -0.321 e. The van der Waals surface area contributed by atoms with Gasteiger partial charge in [0.15, 0.2) is 23.3 Å². The third-order valence-electron chi connectivity index (χ3n) is 6.74. The molecule has 4 rings (SSSR count). The minimum absolute atomic E-state index is 0.0492. The third kappa shape index (κ3) is 8.82. The van der Waals surface area contributed by atoms with Crippen molar-refractivity contribution in [2.24, 2.45) is 0 Å². The molecule has 0 radical (unpaired) electrons. The van der Waals surface area contributed by atoms with E-state index in [2.05, 4.69) is 10.6 Å². The van der Waals surface area contributed by atoms with Gasteiger partial charge in [0.2, 0.25) is 5.91 Å². The number of rotatable bonds is 10. The van der Waals surface area contributed by atoms with Crippen molar-refractivity contribution in [1.82, 2.24) is 5.32 Å². The highest BCUT2D eigenvalue weighted by Crippen LogP contribution is 2.38. The number of hydrogen-bond acceptors (Lipinski definition) is 4. The summed E-state index contributed by atoms with van der Waals surface area (Å²) in [6.45, 7) is 4.08. The molecule has 0 heterocycles. The number of benzene rings is 4. The molecule has 14 heteroatoms. The molecule has 3 N–H and O–H groups in total. The normalized spacial score (nSPS) is 11.8. The fourth-order valence-electron chi connectivity index (χ4n) is 4.23. The maximum Gasteiger partial charge on any atom is 0.422 e. The van der Waals surface area contributed by atoms with E-state index in [4.69, 9.17) is 0 Å². The van der Waals surface area contributed by atoms with Crippen LogP contribution in [-0.2, 0) is 15.8 Å². The van der Waals surface area contributed by atoms with Crippen LogP contribution in [0.2, 0.25) is 0 Å². The summed E-state index contributed by atoms with van der Waals surface area (Å²) in [7, 11) is 0. The summed E-state index contributed by atoms with van der Waals surface area (Å²) in [6, 6.07) is 21.6. The highest BCUT2D eigenvalue weighted by Gasteiger charge is 2.42. The van der Waals surface area contributed by atoms with E-state index < -0.39 is 64.2 Å². The van der Waals surface area contributed by atoms with Gasteiger partial charge in [-0.05, 0) is 59.5 Å². The van der Waals surface area contributed by atoms with E-state index in [0.717, 1.165) is 17.3 Å². The summed E-state index contributed by atoms with van der Waals surface area (Å²) < 4.78 is 94.4. The van der Waals surface area contributed by atoms with Crippen LogP contribution >= 0.6 is 11.8 Å². The van der Waals surface area contributed by atoms with Gasteiger partial charge in [-0.3, -0.25) is 14.4 Å². The Morgan fingerprint density at radius 1 is 0.771 bits per heavy atom. The van der Waals surface area contributed by atoms with Crippen molar-refractivity contribution in [3.8, 4) is 0 Å². The Balaban J connectivity index is 1.43. The topological polar surface area (TPSA) is 87.3 Å². The van der Waals surface area contributed by atoms with Crippen LogP contribution in [0, 0.1) is 23.3 Å². The molecule has 4 aromatic carbocycles. The van der Waals surface area contributed by atoms with Gasteiger partial charge in [-0.1, -0.05) is 56.3 Å². The second kappa shape index (κ2) is 15.2. The fraction of sp³-hybridized carbons (Fsp3) is 0.147. The lowest BCUT2D eigenvalue weighted by atomic mass is 10.0. The minimum atomic E-state index is -5.71. The van der Waals surface area contributed by atoms with Crippen molar-refractivity contribution in [3.63, 3.8) is 0 Å². The highest BCUT2D eigenvalue weighted by atomic mass is 32.2. The molecule has 0 aliphatic carbocycles. The molecule has 250 valence electrons. The van der Waals surface area contributed by atoms with E-state index in [1.165, 1.54) is 30.3 Å².